The second-order valence-corrected chi connectivity index (χ2v) is 7.13. The summed E-state index contributed by atoms with van der Waals surface area (Å²) < 4.78 is 0. The monoisotopic (exact) mass is 365 g/mol. The summed E-state index contributed by atoms with van der Waals surface area (Å²) in [4.78, 5) is 4.68. The predicted molar refractivity (Wildman–Crippen MR) is 112 cm³/mol. The molecule has 26 heavy (non-hydrogen) atoms. The van der Waals surface area contributed by atoms with Gasteiger partial charge < -0.3 is 10.7 Å². The Morgan fingerprint density at radius 2 is 1.88 bits per heavy atom. The van der Waals surface area contributed by atoms with Crippen molar-refractivity contribution in [1.29, 1.82) is 5.41 Å². The van der Waals surface area contributed by atoms with Crippen LogP contribution in [0.15, 0.2) is 48.5 Å². The number of aryl methyl sites for hydroxylation is 1. The van der Waals surface area contributed by atoms with Crippen LogP contribution < -0.4 is 5.32 Å². The lowest BCUT2D eigenvalue weighted by Crippen LogP contribution is -2.07. The van der Waals surface area contributed by atoms with Gasteiger partial charge in [-0.25, -0.2) is 0 Å². The summed E-state index contributed by atoms with van der Waals surface area (Å²) in [7, 11) is 0. The van der Waals surface area contributed by atoms with Crippen LogP contribution in [0.5, 0.6) is 0 Å². The average Bonchev–Trinajstić information content (AvgIpc) is 2.61. The Labute approximate surface area is 159 Å². The second kappa shape index (κ2) is 7.88. The summed E-state index contributed by atoms with van der Waals surface area (Å²) in [6.07, 6.45) is 1.76. The predicted octanol–water partition coefficient (Wildman–Crippen LogP) is 6.54. The number of rotatable bonds is 6. The number of halogens is 1. The molecule has 0 aliphatic heterocycles. The third-order valence-electron chi connectivity index (χ3n) is 4.52. The molecule has 0 radical (unpaired) electrons. The lowest BCUT2D eigenvalue weighted by Gasteiger charge is -2.17. The molecule has 4 heteroatoms. The highest BCUT2D eigenvalue weighted by molar-refractivity contribution is 6.30. The third-order valence-corrected chi connectivity index (χ3v) is 4.77. The summed E-state index contributed by atoms with van der Waals surface area (Å²) in [6.45, 7) is 6.21. The van der Waals surface area contributed by atoms with Crippen LogP contribution in [0.1, 0.15) is 49.6 Å². The number of pyridine rings is 1. The largest absolute Gasteiger partial charge is 0.378 e. The average molecular weight is 366 g/mol. The Hall–Kier alpha value is -2.39. The molecule has 0 amide bonds. The molecule has 0 aliphatic rings. The highest BCUT2D eigenvalue weighted by atomic mass is 35.5. The van der Waals surface area contributed by atoms with Gasteiger partial charge in [0.05, 0.1) is 5.52 Å². The van der Waals surface area contributed by atoms with E-state index in [0.717, 1.165) is 45.7 Å². The maximum atomic E-state index is 8.35. The molecule has 0 aliphatic carbocycles. The summed E-state index contributed by atoms with van der Waals surface area (Å²) in [5, 5.41) is 13.7. The maximum absolute atomic E-state index is 8.35. The van der Waals surface area contributed by atoms with Crippen molar-refractivity contribution in [2.24, 2.45) is 0 Å². The van der Waals surface area contributed by atoms with Gasteiger partial charge in [-0.2, -0.15) is 0 Å². The van der Waals surface area contributed by atoms with E-state index >= 15 is 0 Å². The van der Waals surface area contributed by atoms with Crippen LogP contribution in [0.3, 0.4) is 0 Å². The van der Waals surface area contributed by atoms with Crippen LogP contribution in [0.2, 0.25) is 5.02 Å². The number of nitrogens with zero attached hydrogens (tertiary/aromatic N) is 1. The molecule has 134 valence electrons. The van der Waals surface area contributed by atoms with Crippen molar-refractivity contribution in [2.45, 2.75) is 39.7 Å². The Morgan fingerprint density at radius 3 is 2.58 bits per heavy atom. The molecule has 2 aromatic carbocycles. The van der Waals surface area contributed by atoms with Crippen molar-refractivity contribution in [1.82, 2.24) is 4.98 Å². The minimum Gasteiger partial charge on any atom is -0.378 e. The molecule has 1 aromatic heterocycles. The van der Waals surface area contributed by atoms with E-state index in [4.69, 9.17) is 17.0 Å². The quantitative estimate of drug-likeness (QED) is 0.487. The van der Waals surface area contributed by atoms with E-state index in [1.54, 1.807) is 0 Å². The number of anilines is 1. The normalized spacial score (nSPS) is 12.2. The number of nitrogens with one attached hydrogen (secondary N) is 2. The minimum absolute atomic E-state index is 0.160. The highest BCUT2D eigenvalue weighted by Gasteiger charge is 2.11. The molecular formula is C22H24ClN3. The van der Waals surface area contributed by atoms with Gasteiger partial charge in [0.2, 0.25) is 0 Å². The fourth-order valence-corrected chi connectivity index (χ4v) is 3.30. The van der Waals surface area contributed by atoms with Gasteiger partial charge in [0.15, 0.2) is 0 Å². The van der Waals surface area contributed by atoms with Crippen LogP contribution in [-0.4, -0.2) is 10.7 Å². The summed E-state index contributed by atoms with van der Waals surface area (Å²) in [5.74, 6) is 0. The Kier molecular flexibility index (Phi) is 5.58. The highest BCUT2D eigenvalue weighted by Crippen LogP contribution is 2.26. The van der Waals surface area contributed by atoms with E-state index in [0.29, 0.717) is 5.71 Å². The lowest BCUT2D eigenvalue weighted by atomic mass is 10.00. The van der Waals surface area contributed by atoms with E-state index in [-0.39, 0.29) is 6.04 Å². The van der Waals surface area contributed by atoms with Gasteiger partial charge in [-0.15, -0.1) is 0 Å². The molecule has 3 rings (SSSR count). The van der Waals surface area contributed by atoms with Crippen molar-refractivity contribution >= 4 is 33.9 Å². The van der Waals surface area contributed by atoms with Crippen molar-refractivity contribution in [3.05, 3.63) is 70.4 Å². The van der Waals surface area contributed by atoms with E-state index in [1.165, 1.54) is 5.56 Å². The van der Waals surface area contributed by atoms with E-state index in [1.807, 2.05) is 37.3 Å². The smallest absolute Gasteiger partial charge is 0.0732 e. The molecule has 3 nitrogen and oxygen atoms in total. The summed E-state index contributed by atoms with van der Waals surface area (Å²) >= 11 is 5.97. The Morgan fingerprint density at radius 1 is 1.15 bits per heavy atom. The molecule has 1 unspecified atom stereocenters. The zero-order chi connectivity index (χ0) is 18.7. The molecule has 0 fully saturated rings. The van der Waals surface area contributed by atoms with Crippen molar-refractivity contribution in [3.8, 4) is 0 Å². The molecule has 0 saturated carbocycles. The molecule has 0 saturated heterocycles. The number of hydrogen-bond donors (Lipinski definition) is 2. The van der Waals surface area contributed by atoms with Gasteiger partial charge in [-0.3, -0.25) is 4.98 Å². The molecule has 1 atom stereocenters. The van der Waals surface area contributed by atoms with E-state index in [9.17, 15) is 0 Å². The molecule has 3 aromatic rings. The van der Waals surface area contributed by atoms with Gasteiger partial charge in [-0.05, 0) is 56.2 Å². The van der Waals surface area contributed by atoms with Crippen LogP contribution in [0.4, 0.5) is 5.69 Å². The fraction of sp³-hybridized carbons (Fsp3) is 0.273. The zero-order valence-electron chi connectivity index (χ0n) is 15.4. The van der Waals surface area contributed by atoms with Gasteiger partial charge in [0.25, 0.3) is 0 Å². The van der Waals surface area contributed by atoms with Gasteiger partial charge in [-0.1, -0.05) is 43.1 Å². The zero-order valence-corrected chi connectivity index (χ0v) is 16.2. The minimum atomic E-state index is 0.160. The summed E-state index contributed by atoms with van der Waals surface area (Å²) in [5.41, 5.74) is 5.73. The number of fused-ring (bicyclic) bond motifs is 1. The Bertz CT molecular complexity index is 932. The number of aromatic nitrogens is 1. The number of benzene rings is 2. The fourth-order valence-electron chi connectivity index (χ4n) is 3.17. The van der Waals surface area contributed by atoms with E-state index < -0.39 is 0 Å². The van der Waals surface area contributed by atoms with Gasteiger partial charge >= 0.3 is 0 Å². The van der Waals surface area contributed by atoms with Crippen LogP contribution >= 0.6 is 11.6 Å². The standard InChI is InChI=1S/C22H24ClN3/c1-4-5-21(24)20-12-14(2)25-22-13-18(10-11-19(20)22)26-15(3)16-6-8-17(23)9-7-16/h6-13,15,24,26H,4-5H2,1-3H3. The third kappa shape index (κ3) is 4.05. The van der Waals surface area contributed by atoms with Crippen LogP contribution in [-0.2, 0) is 0 Å². The Balaban J connectivity index is 1.91. The van der Waals surface area contributed by atoms with Crippen LogP contribution in [0, 0.1) is 12.3 Å². The first-order valence-electron chi connectivity index (χ1n) is 8.99. The molecule has 2 N–H and O–H groups in total. The molecule has 1 heterocycles. The van der Waals surface area contributed by atoms with Gasteiger partial charge in [0, 0.05) is 39.1 Å². The summed E-state index contributed by atoms with van der Waals surface area (Å²) in [6, 6.07) is 16.3. The maximum Gasteiger partial charge on any atom is 0.0732 e. The first kappa shape index (κ1) is 18.4. The van der Waals surface area contributed by atoms with Crippen LogP contribution in [0.25, 0.3) is 10.9 Å². The lowest BCUT2D eigenvalue weighted by molar-refractivity contribution is 0.885. The van der Waals surface area contributed by atoms with Crippen molar-refractivity contribution in [2.75, 3.05) is 5.32 Å². The van der Waals surface area contributed by atoms with Gasteiger partial charge in [0.1, 0.15) is 0 Å². The first-order valence-corrected chi connectivity index (χ1v) is 9.37. The van der Waals surface area contributed by atoms with Crippen molar-refractivity contribution < 1.29 is 0 Å². The molecular weight excluding hydrogens is 342 g/mol. The second-order valence-electron chi connectivity index (χ2n) is 6.69. The molecule has 0 spiro atoms. The molecule has 0 bridgehead atoms. The van der Waals surface area contributed by atoms with Crippen molar-refractivity contribution in [3.63, 3.8) is 0 Å². The first-order chi connectivity index (χ1) is 12.5. The van der Waals surface area contributed by atoms with E-state index in [2.05, 4.69) is 42.3 Å². The topological polar surface area (TPSA) is 48.8 Å². The number of hydrogen-bond acceptors (Lipinski definition) is 3. The SMILES string of the molecule is CCCC(=N)c1cc(C)nc2cc(NC(C)c3ccc(Cl)cc3)ccc12.